The van der Waals surface area contributed by atoms with Crippen molar-refractivity contribution in [2.45, 2.75) is 109 Å². The van der Waals surface area contributed by atoms with Gasteiger partial charge < -0.3 is 64.1 Å². The number of aliphatic carboxylic acids is 2. The summed E-state index contributed by atoms with van der Waals surface area (Å²) >= 11 is 0. The van der Waals surface area contributed by atoms with E-state index in [1.165, 1.54) is 20.3 Å². The molecule has 84 heavy (non-hydrogen) atoms. The second-order valence-corrected chi connectivity index (χ2v) is 20.9. The van der Waals surface area contributed by atoms with Gasteiger partial charge in [0.05, 0.1) is 73.5 Å². The number of nitrogens with zero attached hydrogens (tertiary/aromatic N) is 5. The molecule has 0 aliphatic carbocycles. The molecule has 10 rings (SSSR count). The fourth-order valence-corrected chi connectivity index (χ4v) is 10.5. The van der Waals surface area contributed by atoms with Crippen LogP contribution in [0.5, 0.6) is 11.5 Å². The van der Waals surface area contributed by atoms with Crippen LogP contribution in [0.25, 0.3) is 44.7 Å². The van der Waals surface area contributed by atoms with Crippen LogP contribution < -0.4 is 20.1 Å². The molecule has 3 aromatic heterocycles. The molecular weight excluding hydrogens is 1120 g/mol. The summed E-state index contributed by atoms with van der Waals surface area (Å²) in [5, 5.41) is 20.5. The Hall–Kier alpha value is -8.85. The Bertz CT molecular complexity index is 3420. The highest BCUT2D eigenvalue weighted by molar-refractivity contribution is 5.93. The Balaban J connectivity index is 0.000000586. The van der Waals surface area contributed by atoms with Crippen molar-refractivity contribution in [3.8, 4) is 45.3 Å². The normalized spacial score (nSPS) is 17.9. The molecule has 5 atom stereocenters. The van der Waals surface area contributed by atoms with Crippen molar-refractivity contribution >= 4 is 46.8 Å². The largest absolute Gasteiger partial charge is 0.493 e. The van der Waals surface area contributed by atoms with Crippen molar-refractivity contribution < 1.29 is 88.7 Å². The molecule has 0 radical (unpaired) electrons. The van der Waals surface area contributed by atoms with Gasteiger partial charge in [-0.1, -0.05) is 45.9 Å². The van der Waals surface area contributed by atoms with E-state index in [0.29, 0.717) is 72.5 Å². The van der Waals surface area contributed by atoms with Crippen LogP contribution in [0.1, 0.15) is 101 Å². The lowest BCUT2D eigenvalue weighted by molar-refractivity contribution is -0.193. The number of fused-ring (bicyclic) bond motifs is 6. The topological polar surface area (TPSA) is 273 Å². The van der Waals surface area contributed by atoms with Crippen molar-refractivity contribution in [2.24, 2.45) is 11.8 Å². The molecule has 3 aromatic carbocycles. The number of imidazole rings is 2. The maximum atomic E-state index is 17.0. The Morgan fingerprint density at radius 3 is 1.71 bits per heavy atom. The standard InChI is InChI=1S/C52H58FN9O8.2C2HF3O2/c1-27(2)44(58-51(65)67-5)48(63)60-17-7-11-38(60)46-54-25-35(56-46)30-15-16-37-33(20-30)22-40-43-34(53)21-32(24-42(43)70-50(62(37)40)31-14-13-29-10-9-19-69-41(29)23-31)36-26-55-47(57-36)39-12-8-18-61(39)49(64)45(28(3)4)59-52(66)68-6;2*3-2(4,5)1(6)7/h13-16,20-28,38-39,44-45,50H,7-12,17-19H2,1-6H3,(H,54,56)(H,55,57)(H,58,65)(H,59,66);2*(H,6,7)/t38-,39-,44-,45-,50?;;/m0../s1. The number of alkyl halides is 6. The Labute approximate surface area is 474 Å². The number of hydrogen-bond donors (Lipinski definition) is 6. The van der Waals surface area contributed by atoms with Gasteiger partial charge in [0.15, 0.2) is 0 Å². The monoisotopic (exact) mass is 1180 g/mol. The molecule has 450 valence electrons. The summed E-state index contributed by atoms with van der Waals surface area (Å²) in [6, 6.07) is 15.3. The minimum Gasteiger partial charge on any atom is -0.493 e. The quantitative estimate of drug-likeness (QED) is 0.0659. The van der Waals surface area contributed by atoms with Crippen molar-refractivity contribution in [3.63, 3.8) is 0 Å². The number of carbonyl (C=O) groups is 6. The number of benzene rings is 3. The number of likely N-dealkylation sites (tertiary alicyclic amines) is 2. The Morgan fingerprint density at radius 1 is 0.690 bits per heavy atom. The summed E-state index contributed by atoms with van der Waals surface area (Å²) in [7, 11) is 2.54. The van der Waals surface area contributed by atoms with Gasteiger partial charge >= 0.3 is 36.5 Å². The smallest absolute Gasteiger partial charge is 0.490 e. The number of aryl methyl sites for hydroxylation is 1. The molecule has 21 nitrogen and oxygen atoms in total. The number of hydrogen-bond acceptors (Lipinski definition) is 12. The van der Waals surface area contributed by atoms with Gasteiger partial charge in [0.1, 0.15) is 41.0 Å². The first-order valence-electron chi connectivity index (χ1n) is 26.6. The molecule has 2 saturated heterocycles. The predicted octanol–water partition coefficient (Wildman–Crippen LogP) is 9.85. The van der Waals surface area contributed by atoms with E-state index in [0.717, 1.165) is 64.7 Å². The number of aromatic nitrogens is 5. The molecule has 4 amide bonds. The number of aromatic amines is 2. The highest BCUT2D eigenvalue weighted by Gasteiger charge is 2.41. The van der Waals surface area contributed by atoms with Crippen LogP contribution in [-0.2, 0) is 35.1 Å². The van der Waals surface area contributed by atoms with Gasteiger partial charge in [-0.05, 0) is 92.3 Å². The van der Waals surface area contributed by atoms with E-state index in [4.69, 9.17) is 48.7 Å². The molecule has 0 bridgehead atoms. The van der Waals surface area contributed by atoms with Gasteiger partial charge in [-0.15, -0.1) is 0 Å². The van der Waals surface area contributed by atoms with Crippen molar-refractivity contribution in [1.82, 2.24) is 44.9 Å². The third-order valence-corrected chi connectivity index (χ3v) is 14.6. The van der Waals surface area contributed by atoms with Gasteiger partial charge in [0.25, 0.3) is 0 Å². The van der Waals surface area contributed by atoms with Crippen LogP contribution in [0.4, 0.5) is 40.3 Å². The van der Waals surface area contributed by atoms with Crippen molar-refractivity contribution in [1.29, 1.82) is 0 Å². The number of H-pyrrole nitrogens is 2. The van der Waals surface area contributed by atoms with E-state index in [1.807, 2.05) is 74.7 Å². The lowest BCUT2D eigenvalue weighted by atomic mass is 10.0. The number of methoxy groups -OCH3 is 2. The third-order valence-electron chi connectivity index (χ3n) is 14.6. The molecule has 6 N–H and O–H groups in total. The zero-order valence-electron chi connectivity index (χ0n) is 46.1. The average molecular weight is 1180 g/mol. The van der Waals surface area contributed by atoms with Gasteiger partial charge in [0, 0.05) is 35.2 Å². The number of nitrogens with one attached hydrogen (secondary N) is 4. The maximum Gasteiger partial charge on any atom is 0.490 e. The molecule has 0 spiro atoms. The second kappa shape index (κ2) is 24.9. The Morgan fingerprint density at radius 2 is 1.21 bits per heavy atom. The van der Waals surface area contributed by atoms with E-state index >= 15 is 4.39 Å². The molecule has 28 heteroatoms. The maximum absolute atomic E-state index is 17.0. The van der Waals surface area contributed by atoms with Gasteiger partial charge in [-0.2, -0.15) is 26.3 Å². The van der Waals surface area contributed by atoms with Crippen LogP contribution >= 0.6 is 0 Å². The number of rotatable bonds is 11. The molecule has 6 aromatic rings. The number of carboxylic acids is 2. The van der Waals surface area contributed by atoms with Gasteiger partial charge in [-0.3, -0.25) is 9.59 Å². The number of carbonyl (C=O) groups excluding carboxylic acids is 4. The number of carboxylic acid groups (broad SMARTS) is 2. The second-order valence-electron chi connectivity index (χ2n) is 20.9. The first kappa shape index (κ1) is 61.2. The number of alkyl carbamates (subject to hydrolysis) is 2. The molecule has 4 aliphatic rings. The summed E-state index contributed by atoms with van der Waals surface area (Å²) in [5.41, 5.74) is 6.43. The fraction of sp³-hybridized carbons (Fsp3) is 0.429. The van der Waals surface area contributed by atoms with Crippen LogP contribution in [0.2, 0.25) is 0 Å². The average Bonchev–Trinajstić information content (AvgIpc) is 3.40. The molecule has 0 saturated carbocycles. The summed E-state index contributed by atoms with van der Waals surface area (Å²) in [5.74, 6) is -4.37. The van der Waals surface area contributed by atoms with E-state index in [2.05, 4.69) is 26.7 Å². The molecular formula is C56H60F7N9O12. The molecule has 1 unspecified atom stereocenters. The van der Waals surface area contributed by atoms with Crippen LogP contribution in [0.15, 0.2) is 67.0 Å². The van der Waals surface area contributed by atoms with E-state index in [-0.39, 0.29) is 35.7 Å². The molecule has 7 heterocycles. The summed E-state index contributed by atoms with van der Waals surface area (Å²) < 4.78 is 105. The van der Waals surface area contributed by atoms with Gasteiger partial charge in [0.2, 0.25) is 18.0 Å². The zero-order valence-corrected chi connectivity index (χ0v) is 46.1. The number of halogens is 7. The number of amides is 4. The van der Waals surface area contributed by atoms with Crippen LogP contribution in [0, 0.1) is 17.7 Å². The van der Waals surface area contributed by atoms with Crippen molar-refractivity contribution in [3.05, 3.63) is 95.6 Å². The van der Waals surface area contributed by atoms with Crippen molar-refractivity contribution in [2.75, 3.05) is 33.9 Å². The van der Waals surface area contributed by atoms with Crippen LogP contribution in [0.3, 0.4) is 0 Å². The van der Waals surface area contributed by atoms with E-state index < -0.39 is 60.6 Å². The number of ether oxygens (including phenoxy) is 4. The lowest BCUT2D eigenvalue weighted by Crippen LogP contribution is -2.51. The third kappa shape index (κ3) is 13.2. The zero-order chi connectivity index (χ0) is 61.1. The molecule has 2 fully saturated rings. The van der Waals surface area contributed by atoms with E-state index in [9.17, 15) is 45.5 Å². The van der Waals surface area contributed by atoms with Crippen LogP contribution in [-0.4, -0.2) is 139 Å². The minimum atomic E-state index is -5.08. The first-order chi connectivity index (χ1) is 39.7. The summed E-state index contributed by atoms with van der Waals surface area (Å²) in [6.45, 7) is 9.17. The highest BCUT2D eigenvalue weighted by Crippen LogP contribution is 2.48. The predicted molar refractivity (Wildman–Crippen MR) is 285 cm³/mol. The first-order valence-corrected chi connectivity index (χ1v) is 26.6. The lowest BCUT2D eigenvalue weighted by Gasteiger charge is -2.31. The molecule has 4 aliphatic heterocycles. The Kier molecular flexibility index (Phi) is 18.2. The summed E-state index contributed by atoms with van der Waals surface area (Å²) in [4.78, 5) is 89.6. The van der Waals surface area contributed by atoms with E-state index in [1.54, 1.807) is 22.2 Å². The SMILES string of the molecule is COC(=O)N[C@H](C(=O)N1CCC[C@H]1c1ncc(-c2cc(F)c3c(c2)OC(c2ccc4c(c2)OCCC4)n2c-3cc3cc(-c4cnc([C@@H]5CCCN5C(=O)[C@@H](NC(=O)OC)C(C)C)[nH]4)ccc32)[nH]1)C(C)C.O=C(O)C(F)(F)F.O=C(O)C(F)(F)F. The fourth-order valence-electron chi connectivity index (χ4n) is 10.5. The van der Waals surface area contributed by atoms with Gasteiger partial charge in [-0.25, -0.2) is 33.5 Å². The summed E-state index contributed by atoms with van der Waals surface area (Å²) in [6.07, 6.45) is -3.99. The minimum absolute atomic E-state index is 0.158. The highest BCUT2D eigenvalue weighted by atomic mass is 19.4.